The summed E-state index contributed by atoms with van der Waals surface area (Å²) in [6, 6.07) is 4.94. The zero-order valence-electron chi connectivity index (χ0n) is 9.29. The molecule has 15 heavy (non-hydrogen) atoms. The quantitative estimate of drug-likeness (QED) is 0.812. The minimum Gasteiger partial charge on any atom is -0.497 e. The number of hydrogen-bond acceptors (Lipinski definition) is 2. The van der Waals surface area contributed by atoms with Crippen molar-refractivity contribution in [3.8, 4) is 5.75 Å². The number of nitrogens with two attached hydrogens (primary N) is 1. The van der Waals surface area contributed by atoms with Crippen molar-refractivity contribution in [3.63, 3.8) is 0 Å². The fraction of sp³-hybridized carbons (Fsp3) is 0.500. The second-order valence-electron chi connectivity index (χ2n) is 3.71. The minimum atomic E-state index is -0.235. The average molecular weight is 211 g/mol. The summed E-state index contributed by atoms with van der Waals surface area (Å²) in [4.78, 5) is 0. The first-order valence-corrected chi connectivity index (χ1v) is 5.25. The van der Waals surface area contributed by atoms with Gasteiger partial charge in [-0.1, -0.05) is 19.4 Å². The van der Waals surface area contributed by atoms with Crippen LogP contribution in [0.2, 0.25) is 0 Å². The van der Waals surface area contributed by atoms with Crippen molar-refractivity contribution >= 4 is 0 Å². The molecule has 0 aromatic heterocycles. The minimum absolute atomic E-state index is 0.0397. The molecule has 84 valence electrons. The summed E-state index contributed by atoms with van der Waals surface area (Å²) in [6.45, 7) is 2.07. The van der Waals surface area contributed by atoms with Crippen LogP contribution in [0, 0.1) is 5.82 Å². The molecule has 1 aromatic rings. The van der Waals surface area contributed by atoms with Crippen LogP contribution < -0.4 is 10.5 Å². The van der Waals surface area contributed by atoms with Gasteiger partial charge in [-0.2, -0.15) is 0 Å². The molecule has 0 aliphatic rings. The predicted molar refractivity (Wildman–Crippen MR) is 59.5 cm³/mol. The summed E-state index contributed by atoms with van der Waals surface area (Å²) >= 11 is 0. The molecule has 1 unspecified atom stereocenters. The van der Waals surface area contributed by atoms with Gasteiger partial charge in [0.05, 0.1) is 7.11 Å². The molecule has 0 amide bonds. The molecule has 1 atom stereocenters. The third-order valence-electron chi connectivity index (χ3n) is 2.40. The number of rotatable bonds is 5. The third-order valence-corrected chi connectivity index (χ3v) is 2.40. The van der Waals surface area contributed by atoms with Crippen LogP contribution in [-0.2, 0) is 6.42 Å². The normalized spacial score (nSPS) is 12.5. The van der Waals surface area contributed by atoms with Crippen LogP contribution in [0.4, 0.5) is 4.39 Å². The Kier molecular flexibility index (Phi) is 4.56. The summed E-state index contributed by atoms with van der Waals surface area (Å²) in [5.74, 6) is 0.307. The topological polar surface area (TPSA) is 35.2 Å². The van der Waals surface area contributed by atoms with Crippen molar-refractivity contribution in [1.82, 2.24) is 0 Å². The molecule has 0 aliphatic heterocycles. The fourth-order valence-corrected chi connectivity index (χ4v) is 1.58. The van der Waals surface area contributed by atoms with Gasteiger partial charge in [0.1, 0.15) is 11.6 Å². The second kappa shape index (κ2) is 5.71. The Morgan fingerprint density at radius 2 is 2.20 bits per heavy atom. The zero-order chi connectivity index (χ0) is 11.3. The maximum Gasteiger partial charge on any atom is 0.130 e. The Morgan fingerprint density at radius 1 is 1.47 bits per heavy atom. The van der Waals surface area contributed by atoms with Crippen LogP contribution in [0.1, 0.15) is 25.3 Å². The highest BCUT2D eigenvalue weighted by Crippen LogP contribution is 2.17. The van der Waals surface area contributed by atoms with Crippen LogP contribution in [0.3, 0.4) is 0 Å². The van der Waals surface area contributed by atoms with Crippen molar-refractivity contribution < 1.29 is 9.13 Å². The van der Waals surface area contributed by atoms with Gasteiger partial charge in [0.25, 0.3) is 0 Å². The van der Waals surface area contributed by atoms with Crippen LogP contribution >= 0.6 is 0 Å². The molecule has 0 heterocycles. The molecule has 1 rings (SSSR count). The molecule has 0 radical (unpaired) electrons. The van der Waals surface area contributed by atoms with E-state index < -0.39 is 0 Å². The highest BCUT2D eigenvalue weighted by molar-refractivity contribution is 5.29. The average Bonchev–Trinajstić information content (AvgIpc) is 2.21. The molecule has 0 spiro atoms. The number of methoxy groups -OCH3 is 1. The van der Waals surface area contributed by atoms with Gasteiger partial charge in [-0.3, -0.25) is 0 Å². The molecule has 0 saturated heterocycles. The monoisotopic (exact) mass is 211 g/mol. The Labute approximate surface area is 90.2 Å². The van der Waals surface area contributed by atoms with E-state index in [9.17, 15) is 4.39 Å². The van der Waals surface area contributed by atoms with Gasteiger partial charge in [-0.15, -0.1) is 0 Å². The van der Waals surface area contributed by atoms with E-state index in [1.165, 1.54) is 13.2 Å². The van der Waals surface area contributed by atoms with Crippen LogP contribution in [-0.4, -0.2) is 13.2 Å². The summed E-state index contributed by atoms with van der Waals surface area (Å²) in [6.07, 6.45) is 2.54. The Balaban J connectivity index is 2.69. The van der Waals surface area contributed by atoms with Crippen molar-refractivity contribution in [2.75, 3.05) is 7.11 Å². The first kappa shape index (κ1) is 12.0. The smallest absolute Gasteiger partial charge is 0.130 e. The highest BCUT2D eigenvalue weighted by Gasteiger charge is 2.08. The predicted octanol–water partition coefficient (Wildman–Crippen LogP) is 2.50. The van der Waals surface area contributed by atoms with Crippen molar-refractivity contribution in [3.05, 3.63) is 29.6 Å². The lowest BCUT2D eigenvalue weighted by molar-refractivity contribution is 0.410. The molecule has 0 fully saturated rings. The lowest BCUT2D eigenvalue weighted by atomic mass is 10.0. The van der Waals surface area contributed by atoms with Crippen LogP contribution in [0.5, 0.6) is 5.75 Å². The summed E-state index contributed by atoms with van der Waals surface area (Å²) in [5, 5.41) is 0. The Bertz CT molecular complexity index is 314. The number of hydrogen-bond donors (Lipinski definition) is 1. The number of benzene rings is 1. The van der Waals surface area contributed by atoms with Gasteiger partial charge in [0.2, 0.25) is 0 Å². The van der Waals surface area contributed by atoms with Gasteiger partial charge in [0.15, 0.2) is 0 Å². The maximum absolute atomic E-state index is 13.5. The fourth-order valence-electron chi connectivity index (χ4n) is 1.58. The Morgan fingerprint density at radius 3 is 2.73 bits per heavy atom. The van der Waals surface area contributed by atoms with Crippen LogP contribution in [0.25, 0.3) is 0 Å². The Hall–Kier alpha value is -1.09. The van der Waals surface area contributed by atoms with E-state index in [-0.39, 0.29) is 11.9 Å². The largest absolute Gasteiger partial charge is 0.497 e. The van der Waals surface area contributed by atoms with Gasteiger partial charge in [0, 0.05) is 12.1 Å². The molecule has 0 aliphatic carbocycles. The maximum atomic E-state index is 13.5. The van der Waals surface area contributed by atoms with E-state index in [4.69, 9.17) is 10.5 Å². The van der Waals surface area contributed by atoms with Crippen molar-refractivity contribution in [2.45, 2.75) is 32.2 Å². The van der Waals surface area contributed by atoms with Gasteiger partial charge >= 0.3 is 0 Å². The van der Waals surface area contributed by atoms with Gasteiger partial charge in [-0.05, 0) is 24.5 Å². The third kappa shape index (κ3) is 3.51. The van der Waals surface area contributed by atoms with E-state index in [0.29, 0.717) is 17.7 Å². The van der Waals surface area contributed by atoms with E-state index in [2.05, 4.69) is 6.92 Å². The lowest BCUT2D eigenvalue weighted by Gasteiger charge is -2.11. The van der Waals surface area contributed by atoms with Crippen molar-refractivity contribution in [2.24, 2.45) is 5.73 Å². The van der Waals surface area contributed by atoms with Crippen LogP contribution in [0.15, 0.2) is 18.2 Å². The van der Waals surface area contributed by atoms with Gasteiger partial charge < -0.3 is 10.5 Å². The molecule has 2 N–H and O–H groups in total. The summed E-state index contributed by atoms with van der Waals surface area (Å²) in [5.41, 5.74) is 6.52. The molecule has 0 saturated carbocycles. The van der Waals surface area contributed by atoms with E-state index in [1.54, 1.807) is 12.1 Å². The van der Waals surface area contributed by atoms with E-state index in [1.807, 2.05) is 0 Å². The highest BCUT2D eigenvalue weighted by atomic mass is 19.1. The first-order chi connectivity index (χ1) is 7.17. The number of halogens is 1. The SMILES string of the molecule is CCCC(N)Cc1ccc(OC)cc1F. The standard InChI is InChI=1S/C12H18FNO/c1-3-4-10(14)7-9-5-6-11(15-2)8-12(9)13/h5-6,8,10H,3-4,7,14H2,1-2H3. The summed E-state index contributed by atoms with van der Waals surface area (Å²) in [7, 11) is 1.53. The lowest BCUT2D eigenvalue weighted by Crippen LogP contribution is -2.22. The van der Waals surface area contributed by atoms with Gasteiger partial charge in [-0.25, -0.2) is 4.39 Å². The summed E-state index contributed by atoms with van der Waals surface area (Å²) < 4.78 is 18.4. The first-order valence-electron chi connectivity index (χ1n) is 5.25. The molecule has 3 heteroatoms. The molecule has 0 bridgehead atoms. The van der Waals surface area contributed by atoms with Crippen molar-refractivity contribution in [1.29, 1.82) is 0 Å². The number of ether oxygens (including phenoxy) is 1. The van der Waals surface area contributed by atoms with E-state index >= 15 is 0 Å². The molecule has 2 nitrogen and oxygen atoms in total. The second-order valence-corrected chi connectivity index (χ2v) is 3.71. The molecule has 1 aromatic carbocycles. The van der Waals surface area contributed by atoms with E-state index in [0.717, 1.165) is 12.8 Å². The zero-order valence-corrected chi connectivity index (χ0v) is 9.29. The molecular weight excluding hydrogens is 193 g/mol. The molecular formula is C12H18FNO.